The molecule has 4 heterocycles. The van der Waals surface area contributed by atoms with Crippen molar-refractivity contribution in [2.24, 2.45) is 0 Å². The third-order valence-corrected chi connectivity index (χ3v) is 5.20. The Bertz CT molecular complexity index is 1610. The Morgan fingerprint density at radius 1 is 0.559 bits per heavy atom. The second kappa shape index (κ2) is 7.70. The summed E-state index contributed by atoms with van der Waals surface area (Å²) in [6.07, 6.45) is 5.49. The molecule has 0 radical (unpaired) electrons. The molecule has 0 saturated carbocycles. The van der Waals surface area contributed by atoms with Gasteiger partial charge in [0.1, 0.15) is 0 Å². The van der Waals surface area contributed by atoms with Crippen LogP contribution in [0.5, 0.6) is 0 Å². The summed E-state index contributed by atoms with van der Waals surface area (Å²) in [7, 11) is 0. The van der Waals surface area contributed by atoms with Crippen molar-refractivity contribution in [1.29, 1.82) is 0 Å². The van der Waals surface area contributed by atoms with Gasteiger partial charge in [-0.2, -0.15) is 9.35 Å². The van der Waals surface area contributed by atoms with Gasteiger partial charge in [0.15, 0.2) is 0 Å². The smallest absolute Gasteiger partial charge is 0.267 e. The molecule has 0 aliphatic rings. The molecule has 0 spiro atoms. The Hall–Kier alpha value is -5.26. The number of hydrogen-bond donors (Lipinski definition) is 2. The lowest BCUT2D eigenvalue weighted by molar-refractivity contribution is 0.0998. The van der Waals surface area contributed by atoms with Gasteiger partial charge in [-0.25, -0.2) is 0 Å². The van der Waals surface area contributed by atoms with Crippen LogP contribution in [0.3, 0.4) is 0 Å². The first-order valence-electron chi connectivity index (χ1n) is 9.74. The molecule has 0 atom stereocenters. The zero-order valence-corrected chi connectivity index (χ0v) is 17.0. The summed E-state index contributed by atoms with van der Waals surface area (Å²) in [6.45, 7) is 0. The Labute approximate surface area is 187 Å². The average Bonchev–Trinajstić information content (AvgIpc) is 3.24. The summed E-state index contributed by atoms with van der Waals surface area (Å²) in [5.41, 5.74) is 1.29. The minimum Gasteiger partial charge on any atom is -0.267 e. The highest BCUT2D eigenvalue weighted by Gasteiger charge is 2.21. The van der Waals surface area contributed by atoms with Gasteiger partial charge < -0.3 is 0 Å². The number of hydrogen-bond acceptors (Lipinski definition) is 8. The Morgan fingerprint density at radius 2 is 0.853 bits per heavy atom. The molecule has 0 aliphatic heterocycles. The van der Waals surface area contributed by atoms with E-state index in [1.54, 1.807) is 0 Å². The Kier molecular flexibility index (Phi) is 4.68. The van der Waals surface area contributed by atoms with Gasteiger partial charge in [-0.05, 0) is 36.4 Å². The van der Waals surface area contributed by atoms with Crippen molar-refractivity contribution in [2.75, 3.05) is 10.9 Å². The lowest BCUT2D eigenvalue weighted by Crippen LogP contribution is -2.38. The third kappa shape index (κ3) is 3.17. The molecular formula is C22H12N6O6. The molecule has 0 bridgehead atoms. The summed E-state index contributed by atoms with van der Waals surface area (Å²) >= 11 is 0. The molecule has 12 nitrogen and oxygen atoms in total. The Morgan fingerprint density at radius 3 is 1.15 bits per heavy atom. The SMILES string of the molecule is O=C(Nn1c(=O)c2cc3c(=O)n(NC(=O)c4ccncc4)c(=O)c3cc2c1=O)c1ccncc1. The topological polar surface area (TPSA) is 162 Å². The van der Waals surface area contributed by atoms with Crippen molar-refractivity contribution < 1.29 is 9.59 Å². The second-order valence-corrected chi connectivity index (χ2v) is 7.19. The van der Waals surface area contributed by atoms with Crippen LogP contribution in [0.1, 0.15) is 20.7 Å². The second-order valence-electron chi connectivity index (χ2n) is 7.19. The van der Waals surface area contributed by atoms with Crippen LogP contribution in [-0.4, -0.2) is 31.1 Å². The summed E-state index contributed by atoms with van der Waals surface area (Å²) < 4.78 is 1.03. The molecule has 2 amide bonds. The molecule has 1 aromatic carbocycles. The van der Waals surface area contributed by atoms with E-state index in [2.05, 4.69) is 20.8 Å². The van der Waals surface area contributed by atoms with Crippen LogP contribution in [0.25, 0.3) is 21.5 Å². The van der Waals surface area contributed by atoms with Crippen LogP contribution in [0.15, 0.2) is 80.4 Å². The highest BCUT2D eigenvalue weighted by Crippen LogP contribution is 2.14. The number of nitrogens with zero attached hydrogens (tertiary/aromatic N) is 4. The van der Waals surface area contributed by atoms with E-state index in [1.165, 1.54) is 49.1 Å². The molecule has 0 saturated heterocycles. The van der Waals surface area contributed by atoms with Crippen LogP contribution in [0.4, 0.5) is 0 Å². The van der Waals surface area contributed by atoms with E-state index in [9.17, 15) is 28.8 Å². The molecule has 5 rings (SSSR count). The van der Waals surface area contributed by atoms with Gasteiger partial charge in [-0.3, -0.25) is 49.6 Å². The maximum atomic E-state index is 12.8. The number of amides is 2. The highest BCUT2D eigenvalue weighted by atomic mass is 16.2. The number of carbonyl (C=O) groups excluding carboxylic acids is 2. The molecule has 166 valence electrons. The average molecular weight is 456 g/mol. The van der Waals surface area contributed by atoms with Crippen LogP contribution in [0.2, 0.25) is 0 Å². The fourth-order valence-corrected chi connectivity index (χ4v) is 3.52. The molecule has 12 heteroatoms. The quantitative estimate of drug-likeness (QED) is 0.365. The highest BCUT2D eigenvalue weighted by molar-refractivity contribution is 6.02. The maximum absolute atomic E-state index is 12.8. The number of nitrogens with one attached hydrogen (secondary N) is 2. The van der Waals surface area contributed by atoms with Crippen molar-refractivity contribution in [3.8, 4) is 0 Å². The van der Waals surface area contributed by atoms with E-state index < -0.39 is 34.1 Å². The molecule has 0 aliphatic carbocycles. The van der Waals surface area contributed by atoms with E-state index in [0.717, 1.165) is 12.1 Å². The first kappa shape index (κ1) is 20.6. The fraction of sp³-hybridized carbons (Fsp3) is 0. The van der Waals surface area contributed by atoms with Gasteiger partial charge in [0.05, 0.1) is 21.5 Å². The van der Waals surface area contributed by atoms with Crippen molar-refractivity contribution in [3.05, 3.63) is 114 Å². The van der Waals surface area contributed by atoms with Gasteiger partial charge >= 0.3 is 0 Å². The monoisotopic (exact) mass is 456 g/mol. The number of pyridine rings is 2. The van der Waals surface area contributed by atoms with Crippen LogP contribution >= 0.6 is 0 Å². The van der Waals surface area contributed by atoms with Crippen molar-refractivity contribution in [1.82, 2.24) is 19.3 Å². The van der Waals surface area contributed by atoms with E-state index in [-0.39, 0.29) is 32.7 Å². The fourth-order valence-electron chi connectivity index (χ4n) is 3.52. The first-order chi connectivity index (χ1) is 16.4. The number of carbonyl (C=O) groups is 2. The lowest BCUT2D eigenvalue weighted by Gasteiger charge is -2.03. The number of fused-ring (bicyclic) bond motifs is 2. The van der Waals surface area contributed by atoms with Gasteiger partial charge in [0.2, 0.25) is 0 Å². The van der Waals surface area contributed by atoms with E-state index in [0.29, 0.717) is 9.35 Å². The summed E-state index contributed by atoms with van der Waals surface area (Å²) in [5.74, 6) is -1.44. The van der Waals surface area contributed by atoms with Gasteiger partial charge in [-0.15, -0.1) is 0 Å². The van der Waals surface area contributed by atoms with Gasteiger partial charge in [0, 0.05) is 35.9 Å². The number of benzene rings is 1. The van der Waals surface area contributed by atoms with Crippen molar-refractivity contribution in [3.63, 3.8) is 0 Å². The molecule has 34 heavy (non-hydrogen) atoms. The molecule has 5 aromatic rings. The first-order valence-corrected chi connectivity index (χ1v) is 9.74. The predicted molar refractivity (Wildman–Crippen MR) is 121 cm³/mol. The normalized spacial score (nSPS) is 11.1. The summed E-state index contributed by atoms with van der Waals surface area (Å²) in [4.78, 5) is 83.5. The zero-order chi connectivity index (χ0) is 24.0. The Balaban J connectivity index is 1.59. The predicted octanol–water partition coefficient (Wildman–Crippen LogP) is -0.530. The van der Waals surface area contributed by atoms with E-state index in [1.807, 2.05) is 0 Å². The molecule has 0 fully saturated rings. The van der Waals surface area contributed by atoms with E-state index >= 15 is 0 Å². The van der Waals surface area contributed by atoms with Gasteiger partial charge in [-0.1, -0.05) is 0 Å². The molecule has 4 aromatic heterocycles. The standard InChI is InChI=1S/C22H12N6O6/c29-17(11-1-5-23-6-2-11)25-27-19(31)13-9-15-16(10-14(13)20(27)32)22(34)28(21(15)33)26-18(30)12-3-7-24-8-4-12/h1-10H,(H,25,29)(H,26,30). The van der Waals surface area contributed by atoms with Gasteiger partial charge in [0.25, 0.3) is 34.1 Å². The lowest BCUT2D eigenvalue weighted by atomic mass is 10.1. The third-order valence-electron chi connectivity index (χ3n) is 5.20. The van der Waals surface area contributed by atoms with Crippen molar-refractivity contribution >= 4 is 33.4 Å². The molecule has 0 unspecified atom stereocenters. The minimum atomic E-state index is -0.871. The minimum absolute atomic E-state index is 0.165. The van der Waals surface area contributed by atoms with Crippen LogP contribution in [-0.2, 0) is 0 Å². The molecule has 2 N–H and O–H groups in total. The zero-order valence-electron chi connectivity index (χ0n) is 17.0. The van der Waals surface area contributed by atoms with E-state index in [4.69, 9.17) is 0 Å². The maximum Gasteiger partial charge on any atom is 0.280 e. The van der Waals surface area contributed by atoms with Crippen LogP contribution < -0.4 is 33.1 Å². The number of rotatable bonds is 4. The summed E-state index contributed by atoms with van der Waals surface area (Å²) in [6, 6.07) is 7.79. The largest absolute Gasteiger partial charge is 0.280 e. The molecular weight excluding hydrogens is 444 g/mol. The van der Waals surface area contributed by atoms with Crippen molar-refractivity contribution in [2.45, 2.75) is 0 Å². The number of aromatic nitrogens is 4. The summed E-state index contributed by atoms with van der Waals surface area (Å²) in [5, 5.41) is -0.658. The van der Waals surface area contributed by atoms with Crippen LogP contribution in [0, 0.1) is 0 Å².